The Morgan fingerprint density at radius 1 is 1.35 bits per heavy atom. The zero-order valence-corrected chi connectivity index (χ0v) is 9.94. The van der Waals surface area contributed by atoms with Crippen molar-refractivity contribution in [2.75, 3.05) is 18.0 Å². The summed E-state index contributed by atoms with van der Waals surface area (Å²) < 4.78 is 0. The fourth-order valence-electron chi connectivity index (χ4n) is 1.31. The minimum absolute atomic E-state index is 0.0181. The van der Waals surface area contributed by atoms with Gasteiger partial charge in [-0.15, -0.1) is 0 Å². The van der Waals surface area contributed by atoms with Gasteiger partial charge in [-0.2, -0.15) is 0 Å². The maximum atomic E-state index is 10.9. The third kappa shape index (κ3) is 3.87. The van der Waals surface area contributed by atoms with E-state index in [9.17, 15) is 9.59 Å². The molecule has 0 saturated carbocycles. The minimum Gasteiger partial charge on any atom is -0.368 e. The van der Waals surface area contributed by atoms with E-state index in [4.69, 9.17) is 23.1 Å². The van der Waals surface area contributed by atoms with Crippen LogP contribution >= 0.6 is 11.6 Å². The van der Waals surface area contributed by atoms with Gasteiger partial charge in [-0.05, 0) is 18.5 Å². The van der Waals surface area contributed by atoms with E-state index in [2.05, 4.69) is 9.97 Å². The molecule has 0 saturated heterocycles. The molecular formula is C9H12ClN5O2. The highest BCUT2D eigenvalue weighted by molar-refractivity contribution is 6.28. The molecule has 4 N–H and O–H groups in total. The first kappa shape index (κ1) is 13.2. The summed E-state index contributed by atoms with van der Waals surface area (Å²) in [4.78, 5) is 30.9. The van der Waals surface area contributed by atoms with Gasteiger partial charge in [-0.3, -0.25) is 9.59 Å². The average Bonchev–Trinajstić information content (AvgIpc) is 2.19. The zero-order valence-electron chi connectivity index (χ0n) is 9.18. The maximum absolute atomic E-state index is 10.9. The summed E-state index contributed by atoms with van der Waals surface area (Å²) in [5.74, 6) is -0.830. The first-order valence-electron chi connectivity index (χ1n) is 4.71. The molecule has 1 heterocycles. The molecule has 0 bridgehead atoms. The summed E-state index contributed by atoms with van der Waals surface area (Å²) >= 11 is 5.65. The number of anilines is 1. The van der Waals surface area contributed by atoms with Crippen LogP contribution in [0.4, 0.5) is 5.82 Å². The number of hydrogen-bond acceptors (Lipinski definition) is 5. The molecule has 0 unspecified atom stereocenters. The molecule has 0 radical (unpaired) electrons. The van der Waals surface area contributed by atoms with Gasteiger partial charge in [0.25, 0.3) is 0 Å². The molecular weight excluding hydrogens is 246 g/mol. The molecule has 0 atom stereocenters. The number of aromatic nitrogens is 2. The fourth-order valence-corrected chi connectivity index (χ4v) is 1.44. The van der Waals surface area contributed by atoms with E-state index in [1.165, 1.54) is 11.1 Å². The third-order valence-corrected chi connectivity index (χ3v) is 2.09. The number of amides is 2. The van der Waals surface area contributed by atoms with Gasteiger partial charge in [0, 0.05) is 11.8 Å². The Hall–Kier alpha value is -1.89. The molecule has 0 aromatic carbocycles. The minimum atomic E-state index is -0.597. The van der Waals surface area contributed by atoms with Gasteiger partial charge in [0.05, 0.1) is 13.1 Å². The van der Waals surface area contributed by atoms with Crippen molar-refractivity contribution in [3.8, 4) is 0 Å². The van der Waals surface area contributed by atoms with Crippen LogP contribution in [0.15, 0.2) is 6.20 Å². The number of aryl methyl sites for hydroxylation is 1. The third-order valence-electron chi connectivity index (χ3n) is 1.91. The lowest BCUT2D eigenvalue weighted by molar-refractivity contribution is -0.117. The van der Waals surface area contributed by atoms with E-state index >= 15 is 0 Å². The number of hydrogen-bond donors (Lipinski definition) is 2. The second kappa shape index (κ2) is 5.44. The van der Waals surface area contributed by atoms with E-state index in [1.54, 1.807) is 6.92 Å². The van der Waals surface area contributed by atoms with E-state index < -0.39 is 11.8 Å². The van der Waals surface area contributed by atoms with Crippen molar-refractivity contribution in [3.63, 3.8) is 0 Å². The predicted octanol–water partition coefficient (Wildman–Crippen LogP) is -0.785. The number of nitrogens with zero attached hydrogens (tertiary/aromatic N) is 3. The van der Waals surface area contributed by atoms with Gasteiger partial charge >= 0.3 is 0 Å². The van der Waals surface area contributed by atoms with E-state index in [1.807, 2.05) is 0 Å². The number of primary amides is 2. The van der Waals surface area contributed by atoms with Crippen molar-refractivity contribution in [3.05, 3.63) is 17.0 Å². The number of rotatable bonds is 5. The predicted molar refractivity (Wildman–Crippen MR) is 62.4 cm³/mol. The number of halogens is 1. The van der Waals surface area contributed by atoms with Crippen molar-refractivity contribution in [1.29, 1.82) is 0 Å². The van der Waals surface area contributed by atoms with E-state index in [0.29, 0.717) is 11.4 Å². The zero-order chi connectivity index (χ0) is 13.0. The Labute approximate surface area is 103 Å². The summed E-state index contributed by atoms with van der Waals surface area (Å²) in [6.07, 6.45) is 1.49. The molecule has 1 aromatic rings. The van der Waals surface area contributed by atoms with Gasteiger partial charge in [-0.25, -0.2) is 9.97 Å². The quantitative estimate of drug-likeness (QED) is 0.671. The smallest absolute Gasteiger partial charge is 0.237 e. The lowest BCUT2D eigenvalue weighted by atomic mass is 10.3. The molecule has 0 aliphatic heterocycles. The largest absolute Gasteiger partial charge is 0.368 e. The highest BCUT2D eigenvalue weighted by Crippen LogP contribution is 2.17. The fraction of sp³-hybridized carbons (Fsp3) is 0.333. The van der Waals surface area contributed by atoms with Gasteiger partial charge in [0.2, 0.25) is 17.1 Å². The Morgan fingerprint density at radius 3 is 2.35 bits per heavy atom. The number of carbonyl (C=O) groups excluding carboxylic acids is 2. The van der Waals surface area contributed by atoms with Crippen molar-refractivity contribution in [2.24, 2.45) is 11.5 Å². The normalized spacial score (nSPS) is 10.0. The Kier molecular flexibility index (Phi) is 4.22. The molecule has 0 aliphatic rings. The van der Waals surface area contributed by atoms with Crippen LogP contribution in [0.2, 0.25) is 5.28 Å². The lowest BCUT2D eigenvalue weighted by Gasteiger charge is -2.21. The molecule has 0 aliphatic carbocycles. The van der Waals surface area contributed by atoms with Crippen LogP contribution in [0.1, 0.15) is 5.56 Å². The van der Waals surface area contributed by atoms with Crippen LogP contribution in [0.25, 0.3) is 0 Å². The SMILES string of the molecule is Cc1cnc(Cl)nc1N(CC(N)=O)CC(N)=O. The molecule has 92 valence electrons. The number of carbonyl (C=O) groups is 2. The van der Waals surface area contributed by atoms with Gasteiger partial charge in [0.1, 0.15) is 5.82 Å². The summed E-state index contributed by atoms with van der Waals surface area (Å²) in [5, 5.41) is 0.0181. The second-order valence-electron chi connectivity index (χ2n) is 3.43. The van der Waals surface area contributed by atoms with Crippen LogP contribution in [-0.4, -0.2) is 34.9 Å². The van der Waals surface area contributed by atoms with Gasteiger partial charge < -0.3 is 16.4 Å². The summed E-state index contributed by atoms with van der Waals surface area (Å²) in [6.45, 7) is 1.38. The molecule has 2 amide bonds. The van der Waals surface area contributed by atoms with Crippen molar-refractivity contribution in [2.45, 2.75) is 6.92 Å². The molecule has 1 rings (SSSR count). The average molecular weight is 258 g/mol. The summed E-state index contributed by atoms with van der Waals surface area (Å²) in [6, 6.07) is 0. The maximum Gasteiger partial charge on any atom is 0.237 e. The summed E-state index contributed by atoms with van der Waals surface area (Å²) in [5.41, 5.74) is 10.8. The first-order chi connectivity index (χ1) is 7.90. The summed E-state index contributed by atoms with van der Waals surface area (Å²) in [7, 11) is 0. The molecule has 0 spiro atoms. The second-order valence-corrected chi connectivity index (χ2v) is 3.77. The lowest BCUT2D eigenvalue weighted by Crippen LogP contribution is -2.40. The molecule has 1 aromatic heterocycles. The standard InChI is InChI=1S/C9H12ClN5O2/c1-5-2-13-9(10)14-8(5)15(3-6(11)16)4-7(12)17/h2H,3-4H2,1H3,(H2,11,16)(H2,12,17). The molecule has 8 heteroatoms. The highest BCUT2D eigenvalue weighted by atomic mass is 35.5. The van der Waals surface area contributed by atoms with Gasteiger partial charge in [0.15, 0.2) is 0 Å². The van der Waals surface area contributed by atoms with Crippen LogP contribution < -0.4 is 16.4 Å². The highest BCUT2D eigenvalue weighted by Gasteiger charge is 2.16. The van der Waals surface area contributed by atoms with Crippen LogP contribution in [0.3, 0.4) is 0 Å². The topological polar surface area (TPSA) is 115 Å². The van der Waals surface area contributed by atoms with Crippen molar-refractivity contribution >= 4 is 29.2 Å². The molecule has 0 fully saturated rings. The van der Waals surface area contributed by atoms with Crippen LogP contribution in [0.5, 0.6) is 0 Å². The van der Waals surface area contributed by atoms with Crippen LogP contribution in [-0.2, 0) is 9.59 Å². The van der Waals surface area contributed by atoms with Crippen LogP contribution in [0, 0.1) is 6.92 Å². The van der Waals surface area contributed by atoms with Crippen molar-refractivity contribution < 1.29 is 9.59 Å². The van der Waals surface area contributed by atoms with Crippen molar-refractivity contribution in [1.82, 2.24) is 9.97 Å². The van der Waals surface area contributed by atoms with Gasteiger partial charge in [-0.1, -0.05) is 0 Å². The monoisotopic (exact) mass is 257 g/mol. The Morgan fingerprint density at radius 2 is 1.88 bits per heavy atom. The molecule has 17 heavy (non-hydrogen) atoms. The van der Waals surface area contributed by atoms with E-state index in [0.717, 1.165) is 0 Å². The van der Waals surface area contributed by atoms with E-state index in [-0.39, 0.29) is 18.4 Å². The molecule has 7 nitrogen and oxygen atoms in total. The Balaban J connectivity index is 3.06. The Bertz CT molecular complexity index is 435. The first-order valence-corrected chi connectivity index (χ1v) is 5.08. The number of nitrogens with two attached hydrogens (primary N) is 2.